The molecule has 1 heterocycles. The Hall–Kier alpha value is -1.51. The van der Waals surface area contributed by atoms with Crippen molar-refractivity contribution in [3.8, 4) is 0 Å². The molecule has 0 radical (unpaired) electrons. The van der Waals surface area contributed by atoms with Gasteiger partial charge in [0.1, 0.15) is 0 Å². The van der Waals surface area contributed by atoms with Crippen LogP contribution in [0.3, 0.4) is 0 Å². The van der Waals surface area contributed by atoms with Crippen LogP contribution in [0.5, 0.6) is 0 Å². The van der Waals surface area contributed by atoms with Crippen LogP contribution in [-0.2, 0) is 11.2 Å². The number of benzene rings is 1. The zero-order chi connectivity index (χ0) is 13.7. The molecule has 0 aliphatic carbocycles. The molecule has 1 aromatic carbocycles. The number of aryl methyl sites for hydroxylation is 1. The molecule has 0 aromatic heterocycles. The smallest absolute Gasteiger partial charge is 0.222 e. The summed E-state index contributed by atoms with van der Waals surface area (Å²) >= 11 is 0. The first-order valence-electron chi connectivity index (χ1n) is 7.31. The second-order valence-electron chi connectivity index (χ2n) is 5.54. The van der Waals surface area contributed by atoms with Crippen LogP contribution in [0.15, 0.2) is 24.3 Å². The summed E-state index contributed by atoms with van der Waals surface area (Å²) in [5.74, 6) is 0.935. The lowest BCUT2D eigenvalue weighted by atomic mass is 10.0. The molecule has 1 atom stereocenters. The highest BCUT2D eigenvalue weighted by Gasteiger charge is 2.27. The van der Waals surface area contributed by atoms with E-state index in [1.54, 1.807) is 0 Å². The zero-order valence-electron chi connectivity index (χ0n) is 11.8. The lowest BCUT2D eigenvalue weighted by Crippen LogP contribution is -2.26. The van der Waals surface area contributed by atoms with E-state index in [4.69, 9.17) is 5.73 Å². The molecule has 104 valence electrons. The van der Waals surface area contributed by atoms with Gasteiger partial charge < -0.3 is 10.6 Å². The summed E-state index contributed by atoms with van der Waals surface area (Å²) < 4.78 is 0. The molecule has 0 saturated carbocycles. The van der Waals surface area contributed by atoms with E-state index in [1.807, 2.05) is 17.0 Å². The van der Waals surface area contributed by atoms with E-state index in [0.717, 1.165) is 38.0 Å². The molecule has 1 aromatic rings. The normalized spacial score (nSPS) is 19.1. The highest BCUT2D eigenvalue weighted by molar-refractivity contribution is 5.78. The number of nitrogens with two attached hydrogens (primary N) is 1. The van der Waals surface area contributed by atoms with Crippen molar-refractivity contribution in [2.75, 3.05) is 18.8 Å². The Labute approximate surface area is 115 Å². The maximum absolute atomic E-state index is 11.9. The average molecular weight is 260 g/mol. The molecule has 3 nitrogen and oxygen atoms in total. The van der Waals surface area contributed by atoms with Gasteiger partial charge >= 0.3 is 0 Å². The van der Waals surface area contributed by atoms with Crippen molar-refractivity contribution < 1.29 is 4.79 Å². The van der Waals surface area contributed by atoms with Gasteiger partial charge in [-0.2, -0.15) is 0 Å². The van der Waals surface area contributed by atoms with Crippen molar-refractivity contribution >= 4 is 11.6 Å². The molecule has 1 amide bonds. The Morgan fingerprint density at radius 3 is 2.74 bits per heavy atom. The molecule has 19 heavy (non-hydrogen) atoms. The molecule has 2 rings (SSSR count). The molecule has 2 N–H and O–H groups in total. The van der Waals surface area contributed by atoms with Gasteiger partial charge in [0, 0.05) is 25.2 Å². The van der Waals surface area contributed by atoms with Gasteiger partial charge in [-0.25, -0.2) is 0 Å². The fourth-order valence-electron chi connectivity index (χ4n) is 2.83. The second-order valence-corrected chi connectivity index (χ2v) is 5.54. The minimum Gasteiger partial charge on any atom is -0.399 e. The number of nitrogen functional groups attached to an aromatic ring is 1. The zero-order valence-corrected chi connectivity index (χ0v) is 11.8. The number of amides is 1. The topological polar surface area (TPSA) is 46.3 Å². The summed E-state index contributed by atoms with van der Waals surface area (Å²) in [6.07, 6.45) is 5.17. The van der Waals surface area contributed by atoms with Gasteiger partial charge in [-0.15, -0.1) is 0 Å². The lowest BCUT2D eigenvalue weighted by Gasteiger charge is -2.16. The van der Waals surface area contributed by atoms with Crippen LogP contribution in [0.1, 0.15) is 38.2 Å². The minimum absolute atomic E-state index is 0.343. The molecule has 0 spiro atoms. The maximum atomic E-state index is 11.9. The first-order valence-corrected chi connectivity index (χ1v) is 7.31. The number of likely N-dealkylation sites (tertiary alicyclic amines) is 1. The van der Waals surface area contributed by atoms with E-state index in [2.05, 4.69) is 19.1 Å². The van der Waals surface area contributed by atoms with Crippen molar-refractivity contribution in [1.29, 1.82) is 0 Å². The van der Waals surface area contributed by atoms with E-state index >= 15 is 0 Å². The van der Waals surface area contributed by atoms with Crippen LogP contribution in [0.25, 0.3) is 0 Å². The van der Waals surface area contributed by atoms with Crippen LogP contribution in [0.4, 0.5) is 5.69 Å². The van der Waals surface area contributed by atoms with Crippen molar-refractivity contribution in [2.24, 2.45) is 5.92 Å². The summed E-state index contributed by atoms with van der Waals surface area (Å²) in [5, 5.41) is 0. The molecule has 1 saturated heterocycles. The second kappa shape index (κ2) is 6.60. The molecular formula is C16H24N2O. The number of nitrogens with zero attached hydrogens (tertiary/aromatic N) is 1. The van der Waals surface area contributed by atoms with E-state index in [-0.39, 0.29) is 0 Å². The quantitative estimate of drug-likeness (QED) is 0.799. The third-order valence-electron chi connectivity index (χ3n) is 3.86. The van der Waals surface area contributed by atoms with E-state index in [9.17, 15) is 4.79 Å². The predicted octanol–water partition coefficient (Wildman–Crippen LogP) is 2.85. The molecule has 0 bridgehead atoms. The van der Waals surface area contributed by atoms with Crippen LogP contribution in [-0.4, -0.2) is 23.9 Å². The first kappa shape index (κ1) is 13.9. The molecule has 1 aliphatic heterocycles. The summed E-state index contributed by atoms with van der Waals surface area (Å²) in [5.41, 5.74) is 7.77. The molecular weight excluding hydrogens is 236 g/mol. The monoisotopic (exact) mass is 260 g/mol. The number of rotatable bonds is 6. The standard InChI is InChI=1S/C16H24N2O/c1-2-4-14-11-16(19)18(12-14)10-3-5-13-6-8-15(17)9-7-13/h6-9,14H,2-5,10-12,17H2,1H3. The Balaban J connectivity index is 1.74. The Morgan fingerprint density at radius 1 is 1.32 bits per heavy atom. The SMILES string of the molecule is CCCC1CC(=O)N(CCCc2ccc(N)cc2)C1. The third-order valence-corrected chi connectivity index (χ3v) is 3.86. The molecule has 1 unspecified atom stereocenters. The van der Waals surface area contributed by atoms with Gasteiger partial charge in [0.15, 0.2) is 0 Å². The Morgan fingerprint density at radius 2 is 2.05 bits per heavy atom. The van der Waals surface area contributed by atoms with Crippen LogP contribution < -0.4 is 5.73 Å². The fraction of sp³-hybridized carbons (Fsp3) is 0.562. The highest BCUT2D eigenvalue weighted by Crippen LogP contribution is 2.22. The van der Waals surface area contributed by atoms with Crippen LogP contribution in [0, 0.1) is 5.92 Å². The fourth-order valence-corrected chi connectivity index (χ4v) is 2.83. The van der Waals surface area contributed by atoms with Crippen LogP contribution >= 0.6 is 0 Å². The number of carbonyl (C=O) groups is 1. The number of hydrogen-bond donors (Lipinski definition) is 1. The average Bonchev–Trinajstić information content (AvgIpc) is 2.73. The summed E-state index contributed by atoms with van der Waals surface area (Å²) in [6.45, 7) is 4.05. The van der Waals surface area contributed by atoms with E-state index < -0.39 is 0 Å². The van der Waals surface area contributed by atoms with Gasteiger partial charge in [0.05, 0.1) is 0 Å². The molecule has 3 heteroatoms. The van der Waals surface area contributed by atoms with Crippen molar-refractivity contribution in [2.45, 2.75) is 39.0 Å². The van der Waals surface area contributed by atoms with Crippen LogP contribution in [0.2, 0.25) is 0 Å². The molecule has 1 aliphatic rings. The molecule has 1 fully saturated rings. The minimum atomic E-state index is 0.343. The summed E-state index contributed by atoms with van der Waals surface area (Å²) in [6, 6.07) is 8.02. The van der Waals surface area contributed by atoms with E-state index in [1.165, 1.54) is 18.4 Å². The van der Waals surface area contributed by atoms with Gasteiger partial charge in [0.2, 0.25) is 5.91 Å². The summed E-state index contributed by atoms with van der Waals surface area (Å²) in [4.78, 5) is 13.9. The van der Waals surface area contributed by atoms with Gasteiger partial charge in [-0.05, 0) is 42.9 Å². The number of hydrogen-bond acceptors (Lipinski definition) is 2. The third kappa shape index (κ3) is 3.98. The first-order chi connectivity index (χ1) is 9.19. The van der Waals surface area contributed by atoms with Gasteiger partial charge in [-0.1, -0.05) is 25.5 Å². The van der Waals surface area contributed by atoms with Gasteiger partial charge in [0.25, 0.3) is 0 Å². The lowest BCUT2D eigenvalue weighted by molar-refractivity contribution is -0.127. The highest BCUT2D eigenvalue weighted by atomic mass is 16.2. The van der Waals surface area contributed by atoms with Gasteiger partial charge in [-0.3, -0.25) is 4.79 Å². The largest absolute Gasteiger partial charge is 0.399 e. The Kier molecular flexibility index (Phi) is 4.83. The maximum Gasteiger partial charge on any atom is 0.222 e. The van der Waals surface area contributed by atoms with Crippen molar-refractivity contribution in [1.82, 2.24) is 4.90 Å². The van der Waals surface area contributed by atoms with Crippen molar-refractivity contribution in [3.63, 3.8) is 0 Å². The van der Waals surface area contributed by atoms with Crippen molar-refractivity contribution in [3.05, 3.63) is 29.8 Å². The number of carbonyl (C=O) groups excluding carboxylic acids is 1. The predicted molar refractivity (Wildman–Crippen MR) is 78.8 cm³/mol. The van der Waals surface area contributed by atoms with E-state index in [0.29, 0.717) is 11.8 Å². The Bertz CT molecular complexity index is 413. The number of anilines is 1. The summed E-state index contributed by atoms with van der Waals surface area (Å²) in [7, 11) is 0.